The molecular weight excluding hydrogens is 196 g/mol. The highest BCUT2D eigenvalue weighted by Crippen LogP contribution is 2.44. The van der Waals surface area contributed by atoms with Crippen LogP contribution in [0.25, 0.3) is 0 Å². The summed E-state index contributed by atoms with van der Waals surface area (Å²) in [6.07, 6.45) is -1.72. The highest BCUT2D eigenvalue weighted by atomic mass is 16.5. The molecule has 0 fully saturated rings. The molecule has 1 aromatic carbocycles. The summed E-state index contributed by atoms with van der Waals surface area (Å²) >= 11 is 0. The SMILES string of the molecule is OC[C@H]1Oc2cccc3c2[C@@H](OC3)[C@@H]1O. The molecule has 0 aliphatic carbocycles. The third-order valence-electron chi connectivity index (χ3n) is 3.01. The Labute approximate surface area is 87.1 Å². The molecule has 2 heterocycles. The van der Waals surface area contributed by atoms with Gasteiger partial charge in [-0.3, -0.25) is 0 Å². The molecule has 2 aliphatic rings. The van der Waals surface area contributed by atoms with Crippen LogP contribution in [0.4, 0.5) is 0 Å². The molecule has 0 amide bonds. The monoisotopic (exact) mass is 208 g/mol. The van der Waals surface area contributed by atoms with E-state index in [1.807, 2.05) is 18.2 Å². The molecule has 3 atom stereocenters. The lowest BCUT2D eigenvalue weighted by atomic mass is 9.95. The summed E-state index contributed by atoms with van der Waals surface area (Å²) in [7, 11) is 0. The lowest BCUT2D eigenvalue weighted by Gasteiger charge is -2.32. The van der Waals surface area contributed by atoms with Gasteiger partial charge in [-0.25, -0.2) is 0 Å². The summed E-state index contributed by atoms with van der Waals surface area (Å²) in [6.45, 7) is 0.303. The van der Waals surface area contributed by atoms with Crippen molar-refractivity contribution in [2.45, 2.75) is 24.9 Å². The van der Waals surface area contributed by atoms with Crippen LogP contribution >= 0.6 is 0 Å². The summed E-state index contributed by atoms with van der Waals surface area (Å²) in [5, 5.41) is 19.0. The summed E-state index contributed by atoms with van der Waals surface area (Å²) < 4.78 is 11.0. The van der Waals surface area contributed by atoms with Gasteiger partial charge in [0, 0.05) is 5.56 Å². The van der Waals surface area contributed by atoms with E-state index in [1.54, 1.807) is 0 Å². The number of ether oxygens (including phenoxy) is 2. The first-order valence-corrected chi connectivity index (χ1v) is 5.00. The molecule has 2 N–H and O–H groups in total. The van der Waals surface area contributed by atoms with Crippen molar-refractivity contribution in [2.24, 2.45) is 0 Å². The molecule has 4 nitrogen and oxygen atoms in total. The number of rotatable bonds is 1. The average molecular weight is 208 g/mol. The molecule has 2 aliphatic heterocycles. The Hall–Kier alpha value is -1.10. The fourth-order valence-corrected chi connectivity index (χ4v) is 2.25. The molecule has 0 bridgehead atoms. The van der Waals surface area contributed by atoms with Gasteiger partial charge in [0.25, 0.3) is 0 Å². The Morgan fingerprint density at radius 2 is 2.27 bits per heavy atom. The van der Waals surface area contributed by atoms with E-state index in [4.69, 9.17) is 14.6 Å². The molecular formula is C11H12O4. The van der Waals surface area contributed by atoms with Crippen LogP contribution in [0.3, 0.4) is 0 Å². The fraction of sp³-hybridized carbons (Fsp3) is 0.455. The van der Waals surface area contributed by atoms with Crippen molar-refractivity contribution in [1.29, 1.82) is 0 Å². The maximum atomic E-state index is 9.90. The van der Waals surface area contributed by atoms with Crippen molar-refractivity contribution >= 4 is 0 Å². The molecule has 0 spiro atoms. The van der Waals surface area contributed by atoms with Gasteiger partial charge >= 0.3 is 0 Å². The number of hydrogen-bond donors (Lipinski definition) is 2. The summed E-state index contributed by atoms with van der Waals surface area (Å²) in [5.41, 5.74) is 2.00. The van der Waals surface area contributed by atoms with Crippen LogP contribution in [0.5, 0.6) is 5.75 Å². The minimum absolute atomic E-state index is 0.204. The second-order valence-corrected chi connectivity index (χ2v) is 3.89. The third kappa shape index (κ3) is 1.19. The first kappa shape index (κ1) is 9.15. The fourth-order valence-electron chi connectivity index (χ4n) is 2.25. The molecule has 0 saturated heterocycles. The minimum atomic E-state index is -0.786. The average Bonchev–Trinajstić information content (AvgIpc) is 2.69. The molecule has 0 radical (unpaired) electrons. The Kier molecular flexibility index (Phi) is 1.95. The number of aliphatic hydroxyl groups excluding tert-OH is 2. The third-order valence-corrected chi connectivity index (χ3v) is 3.01. The standard InChI is InChI=1S/C11H12O4/c12-4-8-10(13)11-9-6(5-14-11)2-1-3-7(9)15-8/h1-3,8,10-13H,4-5H2/t8-,10-,11-/m1/s1. The Morgan fingerprint density at radius 1 is 1.40 bits per heavy atom. The zero-order chi connectivity index (χ0) is 10.4. The molecule has 0 saturated carbocycles. The first-order chi connectivity index (χ1) is 7.31. The Bertz CT molecular complexity index is 390. The lowest BCUT2D eigenvalue weighted by molar-refractivity contribution is -0.103. The molecule has 1 aromatic rings. The van der Waals surface area contributed by atoms with Crippen LogP contribution in [0.2, 0.25) is 0 Å². The van der Waals surface area contributed by atoms with Gasteiger partial charge in [0.2, 0.25) is 0 Å². The van der Waals surface area contributed by atoms with E-state index in [9.17, 15) is 5.11 Å². The van der Waals surface area contributed by atoms with Gasteiger partial charge in [0.1, 0.15) is 18.0 Å². The van der Waals surface area contributed by atoms with Gasteiger partial charge in [-0.15, -0.1) is 0 Å². The van der Waals surface area contributed by atoms with Crippen molar-refractivity contribution in [3.63, 3.8) is 0 Å². The van der Waals surface area contributed by atoms with Gasteiger partial charge in [0.05, 0.1) is 13.2 Å². The van der Waals surface area contributed by atoms with Crippen molar-refractivity contribution in [2.75, 3.05) is 6.61 Å². The van der Waals surface area contributed by atoms with Crippen LogP contribution in [0.15, 0.2) is 18.2 Å². The van der Waals surface area contributed by atoms with Crippen molar-refractivity contribution < 1.29 is 19.7 Å². The van der Waals surface area contributed by atoms with Crippen molar-refractivity contribution in [1.82, 2.24) is 0 Å². The minimum Gasteiger partial charge on any atom is -0.485 e. The van der Waals surface area contributed by atoms with E-state index in [1.165, 1.54) is 0 Å². The molecule has 80 valence electrons. The van der Waals surface area contributed by atoms with Crippen LogP contribution in [0.1, 0.15) is 17.2 Å². The molecule has 15 heavy (non-hydrogen) atoms. The van der Waals surface area contributed by atoms with E-state index < -0.39 is 12.2 Å². The van der Waals surface area contributed by atoms with Gasteiger partial charge in [-0.05, 0) is 11.6 Å². The summed E-state index contributed by atoms with van der Waals surface area (Å²) in [6, 6.07) is 5.70. The number of aliphatic hydroxyl groups is 2. The highest BCUT2D eigenvalue weighted by Gasteiger charge is 2.41. The maximum Gasteiger partial charge on any atom is 0.150 e. The van der Waals surface area contributed by atoms with Crippen molar-refractivity contribution in [3.8, 4) is 5.75 Å². The molecule has 4 heteroatoms. The maximum absolute atomic E-state index is 9.90. The molecule has 0 unspecified atom stereocenters. The Balaban J connectivity index is 2.09. The van der Waals surface area contributed by atoms with Gasteiger partial charge in [-0.1, -0.05) is 12.1 Å². The lowest BCUT2D eigenvalue weighted by Crippen LogP contribution is -2.42. The second kappa shape index (κ2) is 3.20. The predicted octanol–water partition coefficient (Wildman–Crippen LogP) is 0.372. The van der Waals surface area contributed by atoms with E-state index in [2.05, 4.69) is 0 Å². The highest BCUT2D eigenvalue weighted by molar-refractivity contribution is 5.46. The van der Waals surface area contributed by atoms with Crippen LogP contribution in [0, 0.1) is 0 Å². The zero-order valence-electron chi connectivity index (χ0n) is 8.09. The van der Waals surface area contributed by atoms with Gasteiger partial charge in [0.15, 0.2) is 6.10 Å². The van der Waals surface area contributed by atoms with Crippen LogP contribution in [-0.2, 0) is 11.3 Å². The summed E-state index contributed by atoms with van der Waals surface area (Å²) in [5.74, 6) is 0.722. The topological polar surface area (TPSA) is 58.9 Å². The quantitative estimate of drug-likeness (QED) is 0.700. The normalized spacial score (nSPS) is 32.3. The van der Waals surface area contributed by atoms with Gasteiger partial charge in [-0.2, -0.15) is 0 Å². The largest absolute Gasteiger partial charge is 0.485 e. The number of hydrogen-bond acceptors (Lipinski definition) is 4. The first-order valence-electron chi connectivity index (χ1n) is 5.00. The second-order valence-electron chi connectivity index (χ2n) is 3.89. The number of benzene rings is 1. The van der Waals surface area contributed by atoms with Crippen LogP contribution in [-0.4, -0.2) is 29.0 Å². The van der Waals surface area contributed by atoms with Gasteiger partial charge < -0.3 is 19.7 Å². The van der Waals surface area contributed by atoms with E-state index in [0.29, 0.717) is 6.61 Å². The van der Waals surface area contributed by atoms with E-state index in [0.717, 1.165) is 16.9 Å². The van der Waals surface area contributed by atoms with E-state index >= 15 is 0 Å². The predicted molar refractivity (Wildman–Crippen MR) is 51.5 cm³/mol. The van der Waals surface area contributed by atoms with Crippen molar-refractivity contribution in [3.05, 3.63) is 29.3 Å². The summed E-state index contributed by atoms with van der Waals surface area (Å²) in [4.78, 5) is 0. The van der Waals surface area contributed by atoms with E-state index in [-0.39, 0.29) is 12.7 Å². The smallest absolute Gasteiger partial charge is 0.150 e. The van der Waals surface area contributed by atoms with Crippen LogP contribution < -0.4 is 4.74 Å². The Morgan fingerprint density at radius 3 is 3.07 bits per heavy atom. The molecule has 3 rings (SSSR count). The zero-order valence-corrected chi connectivity index (χ0v) is 8.09. The molecule has 0 aromatic heterocycles.